The molecular formula is C13H14N2OS. The molecule has 0 bridgehead atoms. The minimum atomic E-state index is -0.111. The van der Waals surface area contributed by atoms with Crippen LogP contribution in [0.4, 0.5) is 5.13 Å². The maximum atomic E-state index is 12.1. The van der Waals surface area contributed by atoms with Crippen LogP contribution in [0.5, 0.6) is 0 Å². The van der Waals surface area contributed by atoms with Crippen LogP contribution in [0, 0.1) is 0 Å². The summed E-state index contributed by atoms with van der Waals surface area (Å²) in [5, 5.41) is 5.34. The number of hydrogen-bond acceptors (Lipinski definition) is 3. The lowest BCUT2D eigenvalue weighted by Gasteiger charge is -2.13. The van der Waals surface area contributed by atoms with Crippen molar-refractivity contribution < 1.29 is 4.79 Å². The number of hydrogen-bond donors (Lipinski definition) is 1. The van der Waals surface area contributed by atoms with Gasteiger partial charge in [0, 0.05) is 11.6 Å². The second kappa shape index (κ2) is 5.59. The summed E-state index contributed by atoms with van der Waals surface area (Å²) in [5.41, 5.74) is 1.05. The number of thiazole rings is 1. The summed E-state index contributed by atoms with van der Waals surface area (Å²) >= 11 is 1.43. The van der Waals surface area contributed by atoms with Crippen molar-refractivity contribution in [3.63, 3.8) is 0 Å². The zero-order valence-corrected chi connectivity index (χ0v) is 10.4. The van der Waals surface area contributed by atoms with Gasteiger partial charge in [-0.25, -0.2) is 4.98 Å². The summed E-state index contributed by atoms with van der Waals surface area (Å²) in [6, 6.07) is 9.82. The highest BCUT2D eigenvalue weighted by Crippen LogP contribution is 2.22. The highest BCUT2D eigenvalue weighted by atomic mass is 32.1. The molecular weight excluding hydrogens is 232 g/mol. The molecule has 4 heteroatoms. The van der Waals surface area contributed by atoms with E-state index in [0.29, 0.717) is 5.13 Å². The summed E-state index contributed by atoms with van der Waals surface area (Å²) in [6.45, 7) is 2.01. The van der Waals surface area contributed by atoms with E-state index in [0.717, 1.165) is 12.0 Å². The fourth-order valence-electron chi connectivity index (χ4n) is 1.74. The summed E-state index contributed by atoms with van der Waals surface area (Å²) in [4.78, 5) is 16.2. The van der Waals surface area contributed by atoms with E-state index in [9.17, 15) is 4.79 Å². The number of benzene rings is 1. The quantitative estimate of drug-likeness (QED) is 0.899. The number of nitrogens with zero attached hydrogens (tertiary/aromatic N) is 1. The van der Waals surface area contributed by atoms with Crippen molar-refractivity contribution in [2.24, 2.45) is 0 Å². The molecule has 0 spiro atoms. The molecule has 0 fully saturated rings. The van der Waals surface area contributed by atoms with Gasteiger partial charge in [0.15, 0.2) is 5.13 Å². The first-order chi connectivity index (χ1) is 8.31. The van der Waals surface area contributed by atoms with Gasteiger partial charge >= 0.3 is 0 Å². The Labute approximate surface area is 105 Å². The van der Waals surface area contributed by atoms with Gasteiger partial charge in [-0.1, -0.05) is 37.3 Å². The Kier molecular flexibility index (Phi) is 3.88. The van der Waals surface area contributed by atoms with Crippen molar-refractivity contribution in [3.8, 4) is 0 Å². The van der Waals surface area contributed by atoms with Gasteiger partial charge in [-0.3, -0.25) is 4.79 Å². The number of aromatic nitrogens is 1. The van der Waals surface area contributed by atoms with E-state index in [-0.39, 0.29) is 11.8 Å². The average molecular weight is 246 g/mol. The Morgan fingerprint density at radius 1 is 1.41 bits per heavy atom. The first-order valence-corrected chi connectivity index (χ1v) is 6.44. The number of carbonyl (C=O) groups is 1. The Balaban J connectivity index is 2.11. The van der Waals surface area contributed by atoms with Gasteiger partial charge in [0.05, 0.1) is 5.92 Å². The van der Waals surface area contributed by atoms with Gasteiger partial charge in [0.2, 0.25) is 5.91 Å². The van der Waals surface area contributed by atoms with Crippen molar-refractivity contribution in [3.05, 3.63) is 47.5 Å². The van der Waals surface area contributed by atoms with E-state index >= 15 is 0 Å². The van der Waals surface area contributed by atoms with Crippen molar-refractivity contribution in [2.45, 2.75) is 19.3 Å². The van der Waals surface area contributed by atoms with Crippen molar-refractivity contribution in [1.29, 1.82) is 0 Å². The van der Waals surface area contributed by atoms with Crippen LogP contribution in [0.1, 0.15) is 24.8 Å². The maximum Gasteiger partial charge on any atom is 0.233 e. The molecule has 1 heterocycles. The minimum Gasteiger partial charge on any atom is -0.301 e. The molecule has 0 saturated heterocycles. The highest BCUT2D eigenvalue weighted by molar-refractivity contribution is 7.13. The Morgan fingerprint density at radius 2 is 2.18 bits per heavy atom. The molecule has 0 unspecified atom stereocenters. The molecule has 0 aliphatic heterocycles. The smallest absolute Gasteiger partial charge is 0.233 e. The molecule has 1 aromatic carbocycles. The zero-order chi connectivity index (χ0) is 12.1. The molecule has 1 atom stereocenters. The van der Waals surface area contributed by atoms with Crippen LogP contribution in [-0.4, -0.2) is 10.9 Å². The summed E-state index contributed by atoms with van der Waals surface area (Å²) in [7, 11) is 0. The topological polar surface area (TPSA) is 42.0 Å². The fraction of sp³-hybridized carbons (Fsp3) is 0.231. The van der Waals surface area contributed by atoms with Gasteiger partial charge in [-0.15, -0.1) is 11.3 Å². The predicted octanol–water partition coefficient (Wildman–Crippen LogP) is 3.28. The van der Waals surface area contributed by atoms with Crippen LogP contribution < -0.4 is 5.32 Å². The van der Waals surface area contributed by atoms with Crippen LogP contribution >= 0.6 is 11.3 Å². The monoisotopic (exact) mass is 246 g/mol. The Bertz CT molecular complexity index is 467. The molecule has 1 aromatic heterocycles. The van der Waals surface area contributed by atoms with E-state index in [1.807, 2.05) is 42.6 Å². The molecule has 0 radical (unpaired) electrons. The number of nitrogens with one attached hydrogen (secondary N) is 1. The largest absolute Gasteiger partial charge is 0.301 e. The Hall–Kier alpha value is -1.68. The lowest BCUT2D eigenvalue weighted by molar-refractivity contribution is -0.117. The average Bonchev–Trinajstić information content (AvgIpc) is 2.84. The first kappa shape index (κ1) is 11.8. The molecule has 3 nitrogen and oxygen atoms in total. The van der Waals surface area contributed by atoms with Gasteiger partial charge in [-0.2, -0.15) is 0 Å². The zero-order valence-electron chi connectivity index (χ0n) is 9.59. The standard InChI is InChI=1S/C13H14N2OS/c1-2-11(10-6-4-3-5-7-10)12(16)15-13-14-8-9-17-13/h3-9,11H,2H2,1H3,(H,14,15,16)/t11-/m0/s1. The van der Waals surface area contributed by atoms with E-state index < -0.39 is 0 Å². The lowest BCUT2D eigenvalue weighted by Crippen LogP contribution is -2.20. The highest BCUT2D eigenvalue weighted by Gasteiger charge is 2.18. The van der Waals surface area contributed by atoms with Crippen LogP contribution in [-0.2, 0) is 4.79 Å². The van der Waals surface area contributed by atoms with Crippen molar-refractivity contribution >= 4 is 22.4 Å². The third-order valence-corrected chi connectivity index (χ3v) is 3.28. The molecule has 17 heavy (non-hydrogen) atoms. The normalized spacial score (nSPS) is 12.1. The van der Waals surface area contributed by atoms with Crippen LogP contribution in [0.15, 0.2) is 41.9 Å². The number of rotatable bonds is 4. The number of amides is 1. The fourth-order valence-corrected chi connectivity index (χ4v) is 2.27. The first-order valence-electron chi connectivity index (χ1n) is 5.56. The van der Waals surface area contributed by atoms with Crippen LogP contribution in [0.3, 0.4) is 0 Å². The van der Waals surface area contributed by atoms with Crippen molar-refractivity contribution in [2.75, 3.05) is 5.32 Å². The molecule has 0 aliphatic carbocycles. The molecule has 1 N–H and O–H groups in total. The lowest BCUT2D eigenvalue weighted by atomic mass is 9.96. The number of anilines is 1. The molecule has 2 rings (SSSR count). The maximum absolute atomic E-state index is 12.1. The van der Waals surface area contributed by atoms with E-state index in [4.69, 9.17) is 0 Å². The number of carbonyl (C=O) groups excluding carboxylic acids is 1. The molecule has 0 saturated carbocycles. The summed E-state index contributed by atoms with van der Waals surface area (Å²) < 4.78 is 0. The van der Waals surface area contributed by atoms with Gasteiger partial charge < -0.3 is 5.32 Å². The summed E-state index contributed by atoms with van der Waals surface area (Å²) in [5.74, 6) is -0.103. The molecule has 88 valence electrons. The third-order valence-electron chi connectivity index (χ3n) is 2.59. The van der Waals surface area contributed by atoms with Crippen molar-refractivity contribution in [1.82, 2.24) is 4.98 Å². The van der Waals surface area contributed by atoms with Gasteiger partial charge in [-0.05, 0) is 12.0 Å². The minimum absolute atomic E-state index is 0.00801. The second-order valence-corrected chi connectivity index (χ2v) is 4.59. The van der Waals surface area contributed by atoms with Crippen LogP contribution in [0.25, 0.3) is 0 Å². The molecule has 1 amide bonds. The third kappa shape index (κ3) is 2.91. The predicted molar refractivity (Wildman–Crippen MR) is 70.2 cm³/mol. The van der Waals surface area contributed by atoms with E-state index in [2.05, 4.69) is 10.3 Å². The van der Waals surface area contributed by atoms with E-state index in [1.165, 1.54) is 11.3 Å². The Morgan fingerprint density at radius 3 is 2.76 bits per heavy atom. The molecule has 0 aliphatic rings. The van der Waals surface area contributed by atoms with Gasteiger partial charge in [0.1, 0.15) is 0 Å². The SMILES string of the molecule is CC[C@H](C(=O)Nc1nccs1)c1ccccc1. The second-order valence-electron chi connectivity index (χ2n) is 3.70. The molecule has 2 aromatic rings. The van der Waals surface area contributed by atoms with E-state index in [1.54, 1.807) is 6.20 Å². The van der Waals surface area contributed by atoms with Crippen LogP contribution in [0.2, 0.25) is 0 Å². The van der Waals surface area contributed by atoms with Gasteiger partial charge in [0.25, 0.3) is 0 Å². The summed E-state index contributed by atoms with van der Waals surface area (Å²) in [6.07, 6.45) is 2.46.